The Morgan fingerprint density at radius 2 is 1.71 bits per heavy atom. The first-order valence-electron chi connectivity index (χ1n) is 7.06. The van der Waals surface area contributed by atoms with E-state index in [9.17, 15) is 9.59 Å². The summed E-state index contributed by atoms with van der Waals surface area (Å²) < 4.78 is 1.30. The molecule has 2 aromatic carbocycles. The fourth-order valence-electron chi connectivity index (χ4n) is 2.31. The number of benzene rings is 2. The van der Waals surface area contributed by atoms with Gasteiger partial charge < -0.3 is 5.11 Å². The molecule has 1 heterocycles. The van der Waals surface area contributed by atoms with Gasteiger partial charge >= 0.3 is 5.97 Å². The lowest BCUT2D eigenvalue weighted by Gasteiger charge is -2.10. The SMILES string of the molecule is O=C(O)c1nc(CCl)n(-c2ccccc2C(=O)c2ccccc2)n1. The first-order valence-corrected chi connectivity index (χ1v) is 7.59. The van der Waals surface area contributed by atoms with Crippen molar-refractivity contribution in [2.45, 2.75) is 5.88 Å². The molecule has 0 fully saturated rings. The van der Waals surface area contributed by atoms with E-state index in [2.05, 4.69) is 10.1 Å². The van der Waals surface area contributed by atoms with Gasteiger partial charge in [0.15, 0.2) is 5.78 Å². The molecule has 0 atom stereocenters. The fraction of sp³-hybridized carbons (Fsp3) is 0.0588. The number of carboxylic acids is 1. The van der Waals surface area contributed by atoms with Crippen LogP contribution < -0.4 is 0 Å². The predicted molar refractivity (Wildman–Crippen MR) is 87.7 cm³/mol. The molecule has 120 valence electrons. The van der Waals surface area contributed by atoms with Gasteiger partial charge in [0.05, 0.1) is 11.6 Å². The molecule has 6 nitrogen and oxygen atoms in total. The van der Waals surface area contributed by atoms with Crippen LogP contribution in [0.2, 0.25) is 0 Å². The van der Waals surface area contributed by atoms with Crippen LogP contribution in [0.3, 0.4) is 0 Å². The van der Waals surface area contributed by atoms with Crippen LogP contribution in [0, 0.1) is 0 Å². The Hall–Kier alpha value is -2.99. The van der Waals surface area contributed by atoms with Crippen LogP contribution in [0.5, 0.6) is 0 Å². The molecule has 0 spiro atoms. The molecule has 1 N–H and O–H groups in total. The van der Waals surface area contributed by atoms with E-state index < -0.39 is 5.97 Å². The summed E-state index contributed by atoms with van der Waals surface area (Å²) in [4.78, 5) is 27.8. The minimum absolute atomic E-state index is 0.0336. The van der Waals surface area contributed by atoms with E-state index in [-0.39, 0.29) is 23.3 Å². The van der Waals surface area contributed by atoms with Crippen LogP contribution >= 0.6 is 11.6 Å². The molecule has 3 rings (SSSR count). The topological polar surface area (TPSA) is 85.1 Å². The molecule has 0 saturated carbocycles. The zero-order chi connectivity index (χ0) is 17.1. The number of halogens is 1. The number of carboxylic acid groups (broad SMARTS) is 1. The van der Waals surface area contributed by atoms with Gasteiger partial charge in [-0.2, -0.15) is 0 Å². The minimum Gasteiger partial charge on any atom is -0.475 e. The molecule has 0 radical (unpaired) electrons. The molecular weight excluding hydrogens is 330 g/mol. The molecule has 3 aromatic rings. The van der Waals surface area contributed by atoms with E-state index in [1.165, 1.54) is 4.68 Å². The lowest BCUT2D eigenvalue weighted by atomic mass is 10.0. The van der Waals surface area contributed by atoms with Gasteiger partial charge in [0, 0.05) is 11.1 Å². The molecule has 7 heteroatoms. The van der Waals surface area contributed by atoms with Crippen LogP contribution in [0.1, 0.15) is 32.4 Å². The van der Waals surface area contributed by atoms with E-state index in [0.717, 1.165) is 0 Å². The van der Waals surface area contributed by atoms with Gasteiger partial charge in [-0.1, -0.05) is 42.5 Å². The average molecular weight is 342 g/mol. The van der Waals surface area contributed by atoms with Crippen molar-refractivity contribution in [2.75, 3.05) is 0 Å². The number of hydrogen-bond donors (Lipinski definition) is 1. The molecule has 24 heavy (non-hydrogen) atoms. The number of rotatable bonds is 5. The Balaban J connectivity index is 2.14. The summed E-state index contributed by atoms with van der Waals surface area (Å²) in [5.74, 6) is -1.60. The van der Waals surface area contributed by atoms with Gasteiger partial charge in [-0.3, -0.25) is 4.79 Å². The third-order valence-electron chi connectivity index (χ3n) is 3.40. The highest BCUT2D eigenvalue weighted by Gasteiger charge is 2.20. The standard InChI is InChI=1S/C17H12ClN3O3/c18-10-14-19-16(17(23)24)20-21(14)13-9-5-4-8-12(13)15(22)11-6-2-1-3-7-11/h1-9H,10H2,(H,23,24). The smallest absolute Gasteiger partial charge is 0.375 e. The zero-order valence-corrected chi connectivity index (χ0v) is 13.1. The average Bonchev–Trinajstić information content (AvgIpc) is 3.06. The number of carbonyl (C=O) groups is 2. The second-order valence-electron chi connectivity index (χ2n) is 4.91. The van der Waals surface area contributed by atoms with Crippen LogP contribution in [0.25, 0.3) is 5.69 Å². The van der Waals surface area contributed by atoms with Crippen molar-refractivity contribution in [1.29, 1.82) is 0 Å². The van der Waals surface area contributed by atoms with Crippen molar-refractivity contribution in [3.63, 3.8) is 0 Å². The summed E-state index contributed by atoms with van der Waals surface area (Å²) in [6.07, 6.45) is 0. The van der Waals surface area contributed by atoms with Crippen LogP contribution in [0.4, 0.5) is 0 Å². The van der Waals surface area contributed by atoms with Gasteiger partial charge in [-0.15, -0.1) is 16.7 Å². The number of aromatic nitrogens is 3. The Bertz CT molecular complexity index is 906. The largest absolute Gasteiger partial charge is 0.475 e. The van der Waals surface area contributed by atoms with Gasteiger partial charge in [-0.25, -0.2) is 14.5 Å². The van der Waals surface area contributed by atoms with Gasteiger partial charge in [0.2, 0.25) is 0 Å². The van der Waals surface area contributed by atoms with Crippen molar-refractivity contribution >= 4 is 23.4 Å². The van der Waals surface area contributed by atoms with Crippen molar-refractivity contribution in [1.82, 2.24) is 14.8 Å². The van der Waals surface area contributed by atoms with Gasteiger partial charge in [0.25, 0.3) is 5.82 Å². The summed E-state index contributed by atoms with van der Waals surface area (Å²) in [6, 6.07) is 15.6. The van der Waals surface area contributed by atoms with Crippen molar-refractivity contribution in [3.05, 3.63) is 77.4 Å². The van der Waals surface area contributed by atoms with Crippen LogP contribution in [-0.4, -0.2) is 31.6 Å². The molecule has 1 aromatic heterocycles. The Labute approximate surface area is 142 Å². The van der Waals surface area contributed by atoms with Crippen LogP contribution in [-0.2, 0) is 5.88 Å². The highest BCUT2D eigenvalue weighted by Crippen LogP contribution is 2.20. The van der Waals surface area contributed by atoms with Gasteiger partial charge in [-0.05, 0) is 12.1 Å². The van der Waals surface area contributed by atoms with E-state index in [1.807, 2.05) is 6.07 Å². The first-order chi connectivity index (χ1) is 11.6. The molecule has 0 aliphatic heterocycles. The van der Waals surface area contributed by atoms with Crippen LogP contribution in [0.15, 0.2) is 54.6 Å². The molecule has 0 amide bonds. The maximum absolute atomic E-state index is 12.8. The van der Waals surface area contributed by atoms with Crippen molar-refractivity contribution in [3.8, 4) is 5.69 Å². The van der Waals surface area contributed by atoms with E-state index in [1.54, 1.807) is 48.5 Å². The molecule has 0 bridgehead atoms. The number of alkyl halides is 1. The number of ketones is 1. The minimum atomic E-state index is -1.26. The molecule has 0 saturated heterocycles. The number of carbonyl (C=O) groups excluding carboxylic acids is 1. The summed E-state index contributed by atoms with van der Waals surface area (Å²) >= 11 is 5.85. The second-order valence-corrected chi connectivity index (χ2v) is 5.18. The molecular formula is C17H12ClN3O3. The zero-order valence-electron chi connectivity index (χ0n) is 12.4. The maximum Gasteiger partial charge on any atom is 0.375 e. The summed E-state index contributed by atoms with van der Waals surface area (Å²) in [6.45, 7) is 0. The number of nitrogens with zero attached hydrogens (tertiary/aromatic N) is 3. The Morgan fingerprint density at radius 1 is 1.04 bits per heavy atom. The highest BCUT2D eigenvalue weighted by molar-refractivity contribution is 6.17. The maximum atomic E-state index is 12.8. The monoisotopic (exact) mass is 341 g/mol. The number of aromatic carboxylic acids is 1. The second kappa shape index (κ2) is 6.64. The Morgan fingerprint density at radius 3 is 2.38 bits per heavy atom. The quantitative estimate of drug-likeness (QED) is 0.569. The summed E-state index contributed by atoms with van der Waals surface area (Å²) in [5, 5.41) is 13.0. The third kappa shape index (κ3) is 2.91. The van der Waals surface area contributed by atoms with E-state index >= 15 is 0 Å². The van der Waals surface area contributed by atoms with Crippen molar-refractivity contribution < 1.29 is 14.7 Å². The molecule has 0 aliphatic rings. The third-order valence-corrected chi connectivity index (χ3v) is 3.64. The highest BCUT2D eigenvalue weighted by atomic mass is 35.5. The first kappa shape index (κ1) is 15.9. The van der Waals surface area contributed by atoms with Crippen molar-refractivity contribution in [2.24, 2.45) is 0 Å². The molecule has 0 unspecified atom stereocenters. The number of para-hydroxylation sites is 1. The van der Waals surface area contributed by atoms with Gasteiger partial charge in [0.1, 0.15) is 5.82 Å². The Kier molecular flexibility index (Phi) is 4.39. The van der Waals surface area contributed by atoms with E-state index in [0.29, 0.717) is 16.8 Å². The lowest BCUT2D eigenvalue weighted by Crippen LogP contribution is -2.10. The summed E-state index contributed by atoms with van der Waals surface area (Å²) in [7, 11) is 0. The molecule has 0 aliphatic carbocycles. The summed E-state index contributed by atoms with van der Waals surface area (Å²) in [5.41, 5.74) is 1.34. The number of hydrogen-bond acceptors (Lipinski definition) is 4. The predicted octanol–water partition coefficient (Wildman–Crippen LogP) is 2.94. The van der Waals surface area contributed by atoms with E-state index in [4.69, 9.17) is 16.7 Å². The fourth-order valence-corrected chi connectivity index (χ4v) is 2.48. The normalized spacial score (nSPS) is 10.5. The lowest BCUT2D eigenvalue weighted by molar-refractivity contribution is 0.0683.